The van der Waals surface area contributed by atoms with Crippen LogP contribution < -0.4 is 5.32 Å². The maximum absolute atomic E-state index is 5.95. The maximum atomic E-state index is 5.95. The highest BCUT2D eigenvalue weighted by Gasteiger charge is 2.42. The Bertz CT molecular complexity index is 227. The average molecular weight is 249 g/mol. The van der Waals surface area contributed by atoms with Crippen molar-refractivity contribution in [1.29, 1.82) is 0 Å². The third-order valence-electron chi connectivity index (χ3n) is 3.90. The Balaban J connectivity index is 0.00000128. The number of hydrogen-bond acceptors (Lipinski definition) is 3. The highest BCUT2D eigenvalue weighted by Crippen LogP contribution is 2.31. The molecule has 0 spiro atoms. The van der Waals surface area contributed by atoms with Crippen molar-refractivity contribution in [2.45, 2.75) is 45.4 Å². The molecule has 0 radical (unpaired) electrons. The summed E-state index contributed by atoms with van der Waals surface area (Å²) >= 11 is 0. The first-order chi connectivity index (χ1) is 7.14. The molecule has 0 aromatic heterocycles. The quantitative estimate of drug-likeness (QED) is 0.808. The van der Waals surface area contributed by atoms with Gasteiger partial charge >= 0.3 is 0 Å². The van der Waals surface area contributed by atoms with Gasteiger partial charge in [0.2, 0.25) is 0 Å². The second-order valence-electron chi connectivity index (χ2n) is 5.20. The van der Waals surface area contributed by atoms with Gasteiger partial charge in [0.15, 0.2) is 0 Å². The van der Waals surface area contributed by atoms with Crippen LogP contribution >= 0.6 is 12.4 Å². The van der Waals surface area contributed by atoms with Crippen LogP contribution in [0.4, 0.5) is 0 Å². The van der Waals surface area contributed by atoms with Gasteiger partial charge in [-0.3, -0.25) is 5.32 Å². The van der Waals surface area contributed by atoms with Crippen LogP contribution in [0.1, 0.15) is 33.6 Å². The van der Waals surface area contributed by atoms with E-state index < -0.39 is 0 Å². The number of ether oxygens (including phenoxy) is 1. The molecule has 0 aromatic carbocycles. The fourth-order valence-corrected chi connectivity index (χ4v) is 2.90. The lowest BCUT2D eigenvalue weighted by Crippen LogP contribution is -2.53. The molecule has 1 N–H and O–H groups in total. The van der Waals surface area contributed by atoms with Crippen molar-refractivity contribution in [3.05, 3.63) is 0 Å². The van der Waals surface area contributed by atoms with E-state index in [4.69, 9.17) is 4.74 Å². The van der Waals surface area contributed by atoms with E-state index in [2.05, 4.69) is 31.0 Å². The van der Waals surface area contributed by atoms with Crippen LogP contribution in [0.15, 0.2) is 0 Å². The topological polar surface area (TPSA) is 24.5 Å². The summed E-state index contributed by atoms with van der Waals surface area (Å²) in [5.41, 5.74) is -0.0761. The van der Waals surface area contributed by atoms with E-state index in [0.29, 0.717) is 12.0 Å². The summed E-state index contributed by atoms with van der Waals surface area (Å²) in [7, 11) is 0. The molecule has 0 aliphatic carbocycles. The molecule has 2 fully saturated rings. The normalized spacial score (nSPS) is 40.7. The van der Waals surface area contributed by atoms with Crippen molar-refractivity contribution >= 4 is 12.4 Å². The van der Waals surface area contributed by atoms with Crippen LogP contribution in [0.3, 0.4) is 0 Å². The van der Waals surface area contributed by atoms with E-state index in [1.807, 2.05) is 0 Å². The summed E-state index contributed by atoms with van der Waals surface area (Å²) in [5, 5.41) is 3.60. The van der Waals surface area contributed by atoms with Crippen molar-refractivity contribution in [1.82, 2.24) is 10.2 Å². The molecule has 2 saturated heterocycles. The van der Waals surface area contributed by atoms with Crippen molar-refractivity contribution in [2.75, 3.05) is 26.2 Å². The first-order valence-electron chi connectivity index (χ1n) is 6.28. The van der Waals surface area contributed by atoms with Gasteiger partial charge in [-0.15, -0.1) is 12.4 Å². The Morgan fingerprint density at radius 2 is 2.25 bits per heavy atom. The average Bonchev–Trinajstić information content (AvgIpc) is 2.60. The van der Waals surface area contributed by atoms with Crippen LogP contribution in [-0.4, -0.2) is 42.9 Å². The molecule has 96 valence electrons. The van der Waals surface area contributed by atoms with Crippen LogP contribution in [0.25, 0.3) is 0 Å². The predicted octanol–water partition coefficient (Wildman–Crippen LogP) is 1.86. The van der Waals surface area contributed by atoms with Gasteiger partial charge in [0.1, 0.15) is 5.72 Å². The van der Waals surface area contributed by atoms with Gasteiger partial charge in [-0.25, -0.2) is 0 Å². The molecule has 2 heterocycles. The minimum atomic E-state index is -0.0761. The van der Waals surface area contributed by atoms with Gasteiger partial charge < -0.3 is 9.64 Å². The van der Waals surface area contributed by atoms with Gasteiger partial charge in [-0.1, -0.05) is 6.92 Å². The molecule has 4 heteroatoms. The van der Waals surface area contributed by atoms with E-state index in [1.54, 1.807) is 0 Å². The minimum absolute atomic E-state index is 0. The van der Waals surface area contributed by atoms with Crippen molar-refractivity contribution in [3.8, 4) is 0 Å². The van der Waals surface area contributed by atoms with Crippen LogP contribution in [0.5, 0.6) is 0 Å². The smallest absolute Gasteiger partial charge is 0.120 e. The molecule has 2 aliphatic heterocycles. The number of likely N-dealkylation sites (tertiary alicyclic amines) is 1. The molecule has 0 aromatic rings. The Kier molecular flexibility index (Phi) is 5.05. The summed E-state index contributed by atoms with van der Waals surface area (Å²) < 4.78 is 5.95. The second kappa shape index (κ2) is 5.67. The first-order valence-corrected chi connectivity index (χ1v) is 6.28. The monoisotopic (exact) mass is 248 g/mol. The zero-order chi connectivity index (χ0) is 10.9. The van der Waals surface area contributed by atoms with Crippen LogP contribution in [-0.2, 0) is 4.74 Å². The summed E-state index contributed by atoms with van der Waals surface area (Å²) in [4.78, 5) is 2.54. The Morgan fingerprint density at radius 1 is 1.50 bits per heavy atom. The molecule has 16 heavy (non-hydrogen) atoms. The van der Waals surface area contributed by atoms with Gasteiger partial charge in [0.05, 0.1) is 6.61 Å². The molecule has 3 nitrogen and oxygen atoms in total. The maximum Gasteiger partial charge on any atom is 0.120 e. The second-order valence-corrected chi connectivity index (χ2v) is 5.20. The fraction of sp³-hybridized carbons (Fsp3) is 1.00. The number of hydrogen-bond donors (Lipinski definition) is 1. The molecule has 0 saturated carbocycles. The van der Waals surface area contributed by atoms with E-state index in [9.17, 15) is 0 Å². The zero-order valence-electron chi connectivity index (χ0n) is 10.7. The summed E-state index contributed by atoms with van der Waals surface area (Å²) in [6.07, 6.45) is 2.61. The summed E-state index contributed by atoms with van der Waals surface area (Å²) in [6, 6.07) is 0.506. The lowest BCUT2D eigenvalue weighted by Gasteiger charge is -2.40. The molecule has 2 aliphatic rings. The Hall–Kier alpha value is 0.170. The molecule has 3 unspecified atom stereocenters. The molecule has 0 amide bonds. The number of halogens is 1. The first kappa shape index (κ1) is 14.2. The summed E-state index contributed by atoms with van der Waals surface area (Å²) in [5.74, 6) is 0.649. The molecule has 2 rings (SSSR count). The van der Waals surface area contributed by atoms with E-state index >= 15 is 0 Å². The highest BCUT2D eigenvalue weighted by molar-refractivity contribution is 5.85. The van der Waals surface area contributed by atoms with Crippen LogP contribution in [0.2, 0.25) is 0 Å². The third kappa shape index (κ3) is 2.89. The zero-order valence-corrected chi connectivity index (χ0v) is 11.5. The van der Waals surface area contributed by atoms with E-state index in [1.165, 1.54) is 32.5 Å². The Labute approximate surface area is 105 Å². The largest absolute Gasteiger partial charge is 0.359 e. The number of rotatable bonds is 2. The minimum Gasteiger partial charge on any atom is -0.359 e. The van der Waals surface area contributed by atoms with Gasteiger partial charge in [-0.05, 0) is 39.8 Å². The SMILES string of the molecule is CCN1CCCC(C2(C)NC(C)CO2)C1.Cl. The predicted molar refractivity (Wildman–Crippen MR) is 69.0 cm³/mol. The van der Waals surface area contributed by atoms with Crippen LogP contribution in [0, 0.1) is 5.92 Å². The summed E-state index contributed by atoms with van der Waals surface area (Å²) in [6.45, 7) is 11.1. The number of piperidine rings is 1. The van der Waals surface area contributed by atoms with Gasteiger partial charge in [-0.2, -0.15) is 0 Å². The number of nitrogens with zero attached hydrogens (tertiary/aromatic N) is 1. The van der Waals surface area contributed by atoms with E-state index in [-0.39, 0.29) is 18.1 Å². The third-order valence-corrected chi connectivity index (χ3v) is 3.90. The molecular weight excluding hydrogens is 224 g/mol. The van der Waals surface area contributed by atoms with Crippen molar-refractivity contribution < 1.29 is 4.74 Å². The van der Waals surface area contributed by atoms with E-state index in [0.717, 1.165) is 6.61 Å². The fourth-order valence-electron chi connectivity index (χ4n) is 2.90. The lowest BCUT2D eigenvalue weighted by molar-refractivity contribution is -0.0653. The van der Waals surface area contributed by atoms with Crippen molar-refractivity contribution in [3.63, 3.8) is 0 Å². The highest BCUT2D eigenvalue weighted by atomic mass is 35.5. The molecular formula is C12H25ClN2O. The standard InChI is InChI=1S/C12H24N2O.ClH/c1-4-14-7-5-6-11(8-14)12(3)13-10(2)9-15-12;/h10-11,13H,4-9H2,1-3H3;1H. The lowest BCUT2D eigenvalue weighted by atomic mass is 9.88. The molecule has 3 atom stereocenters. The van der Waals surface area contributed by atoms with Crippen molar-refractivity contribution in [2.24, 2.45) is 5.92 Å². The Morgan fingerprint density at radius 3 is 2.81 bits per heavy atom. The van der Waals surface area contributed by atoms with Gasteiger partial charge in [0, 0.05) is 18.5 Å². The number of nitrogens with one attached hydrogen (secondary N) is 1. The molecule has 0 bridgehead atoms. The van der Waals surface area contributed by atoms with Gasteiger partial charge in [0.25, 0.3) is 0 Å².